The van der Waals surface area contributed by atoms with Crippen molar-refractivity contribution in [3.63, 3.8) is 0 Å². The Morgan fingerprint density at radius 1 is 1.14 bits per heavy atom. The van der Waals surface area contributed by atoms with Crippen molar-refractivity contribution in [2.75, 3.05) is 5.32 Å². The number of ether oxygens (including phenoxy) is 1. The molecule has 0 atom stereocenters. The van der Waals surface area contributed by atoms with Gasteiger partial charge in [-0.05, 0) is 31.5 Å². The Morgan fingerprint density at radius 3 is 2.71 bits per heavy atom. The maximum Gasteiger partial charge on any atom is 0.201 e. The molecule has 3 aromatic rings. The second-order valence-electron chi connectivity index (χ2n) is 5.34. The first-order valence-electron chi connectivity index (χ1n) is 7.14. The van der Waals surface area contributed by atoms with Crippen molar-refractivity contribution >= 4 is 17.0 Å². The second kappa shape index (κ2) is 5.87. The third-order valence-electron chi connectivity index (χ3n) is 3.13. The van der Waals surface area contributed by atoms with Gasteiger partial charge in [0, 0.05) is 12.1 Å². The summed E-state index contributed by atoms with van der Waals surface area (Å²) in [5.74, 6) is 1.63. The molecule has 0 fully saturated rings. The van der Waals surface area contributed by atoms with Crippen LogP contribution in [-0.2, 0) is 6.61 Å². The monoisotopic (exact) mass is 281 g/mol. The molecule has 0 aliphatic heterocycles. The minimum atomic E-state index is 0.347. The van der Waals surface area contributed by atoms with Gasteiger partial charge in [0.25, 0.3) is 0 Å². The average molecular weight is 281 g/mol. The molecule has 4 heteroatoms. The van der Waals surface area contributed by atoms with E-state index in [0.717, 1.165) is 28.3 Å². The number of anilines is 1. The molecule has 0 aliphatic carbocycles. The molecule has 1 heterocycles. The molecular weight excluding hydrogens is 262 g/mol. The first kappa shape index (κ1) is 13.5. The minimum Gasteiger partial charge on any atom is -0.489 e. The summed E-state index contributed by atoms with van der Waals surface area (Å²) >= 11 is 0. The predicted octanol–water partition coefficient (Wildman–Crippen LogP) is 3.96. The lowest BCUT2D eigenvalue weighted by Gasteiger charge is -2.05. The van der Waals surface area contributed by atoms with E-state index in [4.69, 9.17) is 4.74 Å². The van der Waals surface area contributed by atoms with Crippen LogP contribution in [-0.4, -0.2) is 16.0 Å². The molecule has 0 unspecified atom stereocenters. The second-order valence-corrected chi connectivity index (χ2v) is 5.34. The average Bonchev–Trinajstić information content (AvgIpc) is 2.86. The Balaban J connectivity index is 1.74. The van der Waals surface area contributed by atoms with Crippen molar-refractivity contribution in [2.24, 2.45) is 0 Å². The number of hydrogen-bond acceptors (Lipinski definition) is 3. The zero-order valence-electron chi connectivity index (χ0n) is 12.3. The third-order valence-corrected chi connectivity index (χ3v) is 3.13. The van der Waals surface area contributed by atoms with Crippen LogP contribution >= 0.6 is 0 Å². The van der Waals surface area contributed by atoms with Gasteiger partial charge in [-0.15, -0.1) is 0 Å². The van der Waals surface area contributed by atoms with Gasteiger partial charge in [-0.25, -0.2) is 4.98 Å². The third kappa shape index (κ3) is 3.34. The van der Waals surface area contributed by atoms with Gasteiger partial charge in [-0.3, -0.25) is 0 Å². The van der Waals surface area contributed by atoms with E-state index >= 15 is 0 Å². The Kier molecular flexibility index (Phi) is 3.77. The first-order valence-corrected chi connectivity index (χ1v) is 7.14. The minimum absolute atomic E-state index is 0.347. The van der Waals surface area contributed by atoms with E-state index in [9.17, 15) is 0 Å². The van der Waals surface area contributed by atoms with Crippen molar-refractivity contribution in [1.29, 1.82) is 0 Å². The van der Waals surface area contributed by atoms with Crippen LogP contribution in [0.2, 0.25) is 0 Å². The SMILES string of the molecule is CC(C)Nc1nc2ccc(OCc3ccccc3)cc2[nH]1. The van der Waals surface area contributed by atoms with Crippen LogP contribution in [0.15, 0.2) is 48.5 Å². The highest BCUT2D eigenvalue weighted by atomic mass is 16.5. The zero-order chi connectivity index (χ0) is 14.7. The maximum absolute atomic E-state index is 5.82. The van der Waals surface area contributed by atoms with Gasteiger partial charge >= 0.3 is 0 Å². The van der Waals surface area contributed by atoms with Gasteiger partial charge in [-0.1, -0.05) is 30.3 Å². The van der Waals surface area contributed by atoms with E-state index in [-0.39, 0.29) is 0 Å². The molecule has 0 saturated heterocycles. The highest BCUT2D eigenvalue weighted by molar-refractivity contribution is 5.79. The van der Waals surface area contributed by atoms with Crippen molar-refractivity contribution in [3.8, 4) is 5.75 Å². The summed E-state index contributed by atoms with van der Waals surface area (Å²) < 4.78 is 5.82. The quantitative estimate of drug-likeness (QED) is 0.744. The van der Waals surface area contributed by atoms with E-state index in [1.54, 1.807) is 0 Å². The van der Waals surface area contributed by atoms with Crippen LogP contribution in [0, 0.1) is 0 Å². The standard InChI is InChI=1S/C17H19N3O/c1-12(2)18-17-19-15-9-8-14(10-16(15)20-17)21-11-13-6-4-3-5-7-13/h3-10,12H,11H2,1-2H3,(H2,18,19,20). The topological polar surface area (TPSA) is 49.9 Å². The van der Waals surface area contributed by atoms with Crippen LogP contribution < -0.4 is 10.1 Å². The Labute approximate surface area is 124 Å². The Bertz CT molecular complexity index is 719. The number of rotatable bonds is 5. The number of aromatic amines is 1. The predicted molar refractivity (Wildman–Crippen MR) is 85.6 cm³/mol. The molecule has 1 aromatic heterocycles. The maximum atomic E-state index is 5.82. The lowest BCUT2D eigenvalue weighted by Crippen LogP contribution is -2.10. The molecule has 2 aromatic carbocycles. The Hall–Kier alpha value is -2.49. The van der Waals surface area contributed by atoms with Crippen molar-refractivity contribution in [3.05, 3.63) is 54.1 Å². The summed E-state index contributed by atoms with van der Waals surface area (Å²) in [6.45, 7) is 4.74. The smallest absolute Gasteiger partial charge is 0.201 e. The fraction of sp³-hybridized carbons (Fsp3) is 0.235. The molecule has 2 N–H and O–H groups in total. The molecular formula is C17H19N3O. The van der Waals surface area contributed by atoms with Crippen LogP contribution in [0.25, 0.3) is 11.0 Å². The number of benzene rings is 2. The fourth-order valence-corrected chi connectivity index (χ4v) is 2.16. The summed E-state index contributed by atoms with van der Waals surface area (Å²) in [7, 11) is 0. The van der Waals surface area contributed by atoms with E-state index in [1.807, 2.05) is 36.4 Å². The van der Waals surface area contributed by atoms with Crippen molar-refractivity contribution in [1.82, 2.24) is 9.97 Å². The number of nitrogens with one attached hydrogen (secondary N) is 2. The van der Waals surface area contributed by atoms with Crippen LogP contribution in [0.3, 0.4) is 0 Å². The van der Waals surface area contributed by atoms with E-state index in [0.29, 0.717) is 12.6 Å². The van der Waals surface area contributed by atoms with Crippen LogP contribution in [0.4, 0.5) is 5.95 Å². The first-order chi connectivity index (χ1) is 10.2. The molecule has 0 bridgehead atoms. The van der Waals surface area contributed by atoms with Gasteiger partial charge in [0.15, 0.2) is 0 Å². The number of fused-ring (bicyclic) bond motifs is 1. The van der Waals surface area contributed by atoms with Gasteiger partial charge in [-0.2, -0.15) is 0 Å². The number of aromatic nitrogens is 2. The highest BCUT2D eigenvalue weighted by Gasteiger charge is 2.05. The zero-order valence-corrected chi connectivity index (χ0v) is 12.3. The number of imidazole rings is 1. The summed E-state index contributed by atoms with van der Waals surface area (Å²) in [5.41, 5.74) is 3.07. The lowest BCUT2D eigenvalue weighted by atomic mass is 10.2. The number of nitrogens with zero attached hydrogens (tertiary/aromatic N) is 1. The normalized spacial score (nSPS) is 11.0. The van der Waals surface area contributed by atoms with Gasteiger partial charge in [0.1, 0.15) is 12.4 Å². The largest absolute Gasteiger partial charge is 0.489 e. The van der Waals surface area contributed by atoms with Gasteiger partial charge in [0.05, 0.1) is 11.0 Å². The highest BCUT2D eigenvalue weighted by Crippen LogP contribution is 2.21. The summed E-state index contributed by atoms with van der Waals surface area (Å²) in [5, 5.41) is 3.26. The van der Waals surface area contributed by atoms with Gasteiger partial charge in [0.2, 0.25) is 5.95 Å². The fourth-order valence-electron chi connectivity index (χ4n) is 2.16. The summed E-state index contributed by atoms with van der Waals surface area (Å²) in [4.78, 5) is 7.75. The van der Waals surface area contributed by atoms with Crippen molar-refractivity contribution in [2.45, 2.75) is 26.5 Å². The molecule has 0 saturated carbocycles. The number of H-pyrrole nitrogens is 1. The molecule has 3 rings (SSSR count). The molecule has 0 spiro atoms. The molecule has 21 heavy (non-hydrogen) atoms. The molecule has 4 nitrogen and oxygen atoms in total. The Morgan fingerprint density at radius 2 is 1.95 bits per heavy atom. The van der Waals surface area contributed by atoms with Crippen LogP contribution in [0.1, 0.15) is 19.4 Å². The summed E-state index contributed by atoms with van der Waals surface area (Å²) in [6.07, 6.45) is 0. The van der Waals surface area contributed by atoms with Crippen LogP contribution in [0.5, 0.6) is 5.75 Å². The summed E-state index contributed by atoms with van der Waals surface area (Å²) in [6, 6.07) is 16.4. The van der Waals surface area contributed by atoms with Crippen molar-refractivity contribution < 1.29 is 4.74 Å². The lowest BCUT2D eigenvalue weighted by molar-refractivity contribution is 0.306. The van der Waals surface area contributed by atoms with E-state index in [2.05, 4.69) is 41.3 Å². The molecule has 0 radical (unpaired) electrons. The molecule has 0 aliphatic rings. The van der Waals surface area contributed by atoms with E-state index in [1.165, 1.54) is 0 Å². The molecule has 108 valence electrons. The van der Waals surface area contributed by atoms with Gasteiger partial charge < -0.3 is 15.0 Å². The molecule has 0 amide bonds. The van der Waals surface area contributed by atoms with E-state index < -0.39 is 0 Å². The number of hydrogen-bond donors (Lipinski definition) is 2.